The lowest BCUT2D eigenvalue weighted by molar-refractivity contribution is -0.142. The molecule has 0 spiro atoms. The minimum atomic E-state index is -0.520. The fourth-order valence-electron chi connectivity index (χ4n) is 3.02. The maximum absolute atomic E-state index is 13.1. The van der Waals surface area contributed by atoms with Gasteiger partial charge in [-0.15, -0.1) is 0 Å². The third kappa shape index (κ3) is 4.49. The summed E-state index contributed by atoms with van der Waals surface area (Å²) in [5.41, 5.74) is 3.44. The molecule has 1 amide bonds. The Morgan fingerprint density at radius 1 is 1.20 bits per heavy atom. The van der Waals surface area contributed by atoms with Gasteiger partial charge in [0, 0.05) is 5.56 Å². The Morgan fingerprint density at radius 3 is 2.63 bits per heavy atom. The van der Waals surface area contributed by atoms with Crippen molar-refractivity contribution >= 4 is 51.9 Å². The van der Waals surface area contributed by atoms with Crippen molar-refractivity contribution in [3.63, 3.8) is 0 Å². The minimum absolute atomic E-state index is 0.210. The summed E-state index contributed by atoms with van der Waals surface area (Å²) in [6.45, 7) is 3.67. The first-order valence-electron chi connectivity index (χ1n) is 9.07. The third-order valence-electron chi connectivity index (χ3n) is 4.46. The van der Waals surface area contributed by atoms with Gasteiger partial charge in [-0.1, -0.05) is 53.8 Å². The smallest absolute Gasteiger partial charge is 0.343 e. The number of thiocarbonyl (C=S) groups is 1. The highest BCUT2D eigenvalue weighted by atomic mass is 32.2. The predicted octanol–water partition coefficient (Wildman–Crippen LogP) is 4.27. The van der Waals surface area contributed by atoms with E-state index in [0.717, 1.165) is 16.8 Å². The zero-order chi connectivity index (χ0) is 21.8. The Bertz CT molecular complexity index is 1050. The van der Waals surface area contributed by atoms with Crippen molar-refractivity contribution in [1.29, 1.82) is 0 Å². The van der Waals surface area contributed by atoms with Crippen LogP contribution in [0, 0.1) is 13.8 Å². The molecule has 0 N–H and O–H groups in total. The second-order valence-corrected chi connectivity index (χ2v) is 8.23. The number of methoxy groups -OCH3 is 2. The van der Waals surface area contributed by atoms with Crippen LogP contribution in [0.2, 0.25) is 0 Å². The molecule has 1 aliphatic rings. The summed E-state index contributed by atoms with van der Waals surface area (Å²) < 4.78 is 16.1. The van der Waals surface area contributed by atoms with Gasteiger partial charge in [0.1, 0.15) is 0 Å². The lowest BCUT2D eigenvalue weighted by Crippen LogP contribution is -2.28. The van der Waals surface area contributed by atoms with Crippen molar-refractivity contribution in [3.8, 4) is 11.5 Å². The Hall–Kier alpha value is -2.84. The summed E-state index contributed by atoms with van der Waals surface area (Å²) in [5.74, 6) is 0.0615. The molecule has 1 saturated heterocycles. The van der Waals surface area contributed by atoms with Crippen LogP contribution in [0.1, 0.15) is 16.7 Å². The molecule has 0 unspecified atom stereocenters. The number of hydrogen-bond donors (Lipinski definition) is 0. The van der Waals surface area contributed by atoms with Gasteiger partial charge in [0.2, 0.25) is 0 Å². The molecule has 30 heavy (non-hydrogen) atoms. The zero-order valence-corrected chi connectivity index (χ0v) is 18.7. The van der Waals surface area contributed by atoms with E-state index >= 15 is 0 Å². The summed E-state index contributed by atoms with van der Waals surface area (Å²) in [7, 11) is 2.79. The Balaban J connectivity index is 1.96. The number of hydrogen-bond acceptors (Lipinski definition) is 7. The van der Waals surface area contributed by atoms with Gasteiger partial charge in [-0.25, -0.2) is 4.79 Å². The van der Waals surface area contributed by atoms with E-state index in [2.05, 4.69) is 4.74 Å². The summed E-state index contributed by atoms with van der Waals surface area (Å²) in [6, 6.07) is 11.1. The van der Waals surface area contributed by atoms with Gasteiger partial charge < -0.3 is 14.2 Å². The molecule has 156 valence electrons. The highest BCUT2D eigenvalue weighted by Gasteiger charge is 2.34. The van der Waals surface area contributed by atoms with Crippen LogP contribution in [0.4, 0.5) is 5.69 Å². The molecule has 1 fully saturated rings. The topological polar surface area (TPSA) is 65.1 Å². The molecule has 0 atom stereocenters. The largest absolute Gasteiger partial charge is 0.493 e. The van der Waals surface area contributed by atoms with E-state index in [1.54, 1.807) is 24.3 Å². The lowest BCUT2D eigenvalue weighted by atomic mass is 10.1. The SMILES string of the molecule is COC(=O)COc1c(/C=C2\SC(=S)N(c3ccc(C)cc3C)C2=O)cccc1OC. The fraction of sp³-hybridized carbons (Fsp3) is 0.227. The van der Waals surface area contributed by atoms with E-state index in [0.29, 0.717) is 26.3 Å². The number of carbonyl (C=O) groups is 2. The molecule has 0 bridgehead atoms. The highest BCUT2D eigenvalue weighted by molar-refractivity contribution is 8.27. The van der Waals surface area contributed by atoms with Gasteiger partial charge in [0.25, 0.3) is 5.91 Å². The molecule has 1 heterocycles. The van der Waals surface area contributed by atoms with Gasteiger partial charge in [0.15, 0.2) is 22.4 Å². The molecule has 3 rings (SSSR count). The van der Waals surface area contributed by atoms with Gasteiger partial charge in [-0.3, -0.25) is 9.69 Å². The van der Waals surface area contributed by atoms with Crippen LogP contribution in [-0.4, -0.2) is 37.0 Å². The van der Waals surface area contributed by atoms with Gasteiger partial charge >= 0.3 is 5.97 Å². The predicted molar refractivity (Wildman–Crippen MR) is 122 cm³/mol. The van der Waals surface area contributed by atoms with Gasteiger partial charge in [-0.2, -0.15) is 0 Å². The molecule has 8 heteroatoms. The molecular weight excluding hydrogens is 422 g/mol. The maximum Gasteiger partial charge on any atom is 0.343 e. The monoisotopic (exact) mass is 443 g/mol. The molecule has 0 aliphatic carbocycles. The van der Waals surface area contributed by atoms with E-state index in [1.807, 2.05) is 32.0 Å². The molecule has 0 saturated carbocycles. The summed E-state index contributed by atoms with van der Waals surface area (Å²) >= 11 is 6.69. The second-order valence-electron chi connectivity index (χ2n) is 6.55. The number of anilines is 1. The van der Waals surface area contributed by atoms with Crippen molar-refractivity contribution in [1.82, 2.24) is 0 Å². The molecule has 0 radical (unpaired) electrons. The van der Waals surface area contributed by atoms with E-state index < -0.39 is 5.97 Å². The number of aryl methyl sites for hydroxylation is 2. The van der Waals surface area contributed by atoms with Crippen LogP contribution >= 0.6 is 24.0 Å². The number of thioether (sulfide) groups is 1. The highest BCUT2D eigenvalue weighted by Crippen LogP contribution is 2.40. The molecule has 0 aromatic heterocycles. The molecule has 6 nitrogen and oxygen atoms in total. The van der Waals surface area contributed by atoms with E-state index in [9.17, 15) is 9.59 Å². The maximum atomic E-state index is 13.1. The third-order valence-corrected chi connectivity index (χ3v) is 5.77. The normalized spacial score (nSPS) is 14.9. The number of rotatable bonds is 6. The van der Waals surface area contributed by atoms with Crippen molar-refractivity contribution in [3.05, 3.63) is 58.0 Å². The number of ether oxygens (including phenoxy) is 3. The van der Waals surface area contributed by atoms with E-state index in [4.69, 9.17) is 21.7 Å². The average Bonchev–Trinajstić information content (AvgIpc) is 2.99. The molecule has 2 aromatic carbocycles. The first-order chi connectivity index (χ1) is 14.3. The summed E-state index contributed by atoms with van der Waals surface area (Å²) in [4.78, 5) is 26.6. The first-order valence-corrected chi connectivity index (χ1v) is 10.3. The van der Waals surface area contributed by atoms with Crippen LogP contribution in [0.5, 0.6) is 11.5 Å². The first kappa shape index (κ1) is 21.9. The van der Waals surface area contributed by atoms with Crippen LogP contribution in [0.25, 0.3) is 6.08 Å². The van der Waals surface area contributed by atoms with E-state index in [-0.39, 0.29) is 12.5 Å². The van der Waals surface area contributed by atoms with Crippen LogP contribution in [-0.2, 0) is 14.3 Å². The number of carbonyl (C=O) groups excluding carboxylic acids is 2. The second kappa shape index (κ2) is 9.32. The number of para-hydroxylation sites is 1. The van der Waals surface area contributed by atoms with Crippen LogP contribution < -0.4 is 14.4 Å². The number of nitrogens with zero attached hydrogens (tertiary/aromatic N) is 1. The quantitative estimate of drug-likeness (QED) is 0.375. The Morgan fingerprint density at radius 2 is 1.97 bits per heavy atom. The van der Waals surface area contributed by atoms with Crippen molar-refractivity contribution in [2.75, 3.05) is 25.7 Å². The van der Waals surface area contributed by atoms with Crippen molar-refractivity contribution < 1.29 is 23.8 Å². The Labute approximate surface area is 184 Å². The zero-order valence-electron chi connectivity index (χ0n) is 17.1. The van der Waals surface area contributed by atoms with Crippen LogP contribution in [0.3, 0.4) is 0 Å². The molecular formula is C22H21NO5S2. The fourth-order valence-corrected chi connectivity index (χ4v) is 4.30. The van der Waals surface area contributed by atoms with Crippen molar-refractivity contribution in [2.45, 2.75) is 13.8 Å². The standard InChI is InChI=1S/C22H21NO5S2/c1-13-8-9-16(14(2)10-13)23-21(25)18(30-22(23)29)11-15-6-5-7-17(26-3)20(15)28-12-19(24)27-4/h5-11H,12H2,1-4H3/b18-11-. The summed E-state index contributed by atoms with van der Waals surface area (Å²) in [5, 5.41) is 0. The van der Waals surface area contributed by atoms with E-state index in [1.165, 1.54) is 30.9 Å². The van der Waals surface area contributed by atoms with Gasteiger partial charge in [-0.05, 0) is 37.6 Å². The molecule has 1 aliphatic heterocycles. The number of amides is 1. The summed E-state index contributed by atoms with van der Waals surface area (Å²) in [6.07, 6.45) is 1.69. The Kier molecular flexibility index (Phi) is 6.79. The number of benzene rings is 2. The lowest BCUT2D eigenvalue weighted by Gasteiger charge is -2.17. The minimum Gasteiger partial charge on any atom is -0.493 e. The van der Waals surface area contributed by atoms with Crippen LogP contribution in [0.15, 0.2) is 41.3 Å². The van der Waals surface area contributed by atoms with Crippen molar-refractivity contribution in [2.24, 2.45) is 0 Å². The average molecular weight is 444 g/mol. The molecule has 2 aromatic rings. The number of esters is 1. The van der Waals surface area contributed by atoms with Gasteiger partial charge in [0.05, 0.1) is 24.8 Å².